The van der Waals surface area contributed by atoms with E-state index in [9.17, 15) is 4.79 Å². The lowest BCUT2D eigenvalue weighted by molar-refractivity contribution is -0.123. The second-order valence-corrected chi connectivity index (χ2v) is 6.71. The lowest BCUT2D eigenvalue weighted by Gasteiger charge is -2.35. The topological polar surface area (TPSA) is 68.8 Å². The number of nitrogens with one attached hydrogen (secondary N) is 3. The van der Waals surface area contributed by atoms with Crippen LogP contribution in [0.1, 0.15) is 26.7 Å². The van der Waals surface area contributed by atoms with Crippen LogP contribution in [-0.2, 0) is 4.79 Å². The Balaban J connectivity index is 1.76. The second-order valence-electron chi connectivity index (χ2n) is 6.71. The van der Waals surface area contributed by atoms with Gasteiger partial charge in [-0.15, -0.1) is 0 Å². The smallest absolute Gasteiger partial charge is 0.222 e. The van der Waals surface area contributed by atoms with Crippen molar-refractivity contribution in [3.05, 3.63) is 30.3 Å². The number of hydrogen-bond donors (Lipinski definition) is 3. The van der Waals surface area contributed by atoms with Gasteiger partial charge in [0.15, 0.2) is 5.96 Å². The van der Waals surface area contributed by atoms with Crippen LogP contribution in [0.15, 0.2) is 35.3 Å². The Labute approximate surface area is 151 Å². The van der Waals surface area contributed by atoms with Gasteiger partial charge in [-0.2, -0.15) is 0 Å². The minimum absolute atomic E-state index is 0.0173. The number of rotatable bonds is 6. The van der Waals surface area contributed by atoms with E-state index in [0.717, 1.165) is 31.9 Å². The molecule has 0 aromatic heterocycles. The molecule has 1 fully saturated rings. The fourth-order valence-corrected chi connectivity index (χ4v) is 2.93. The molecule has 1 aliphatic rings. The summed E-state index contributed by atoms with van der Waals surface area (Å²) < 4.78 is 0. The zero-order valence-electron chi connectivity index (χ0n) is 15.6. The minimum Gasteiger partial charge on any atom is -0.369 e. The highest BCUT2D eigenvalue weighted by Crippen LogP contribution is 2.19. The van der Waals surface area contributed by atoms with E-state index in [1.165, 1.54) is 5.69 Å². The molecule has 1 unspecified atom stereocenters. The molecule has 138 valence electrons. The SMILES string of the molecule is CN=C(NCCNC(=O)C(C)C)NC1CCCN(c2ccccc2)C1. The van der Waals surface area contributed by atoms with Gasteiger partial charge in [-0.3, -0.25) is 9.79 Å². The lowest BCUT2D eigenvalue weighted by Crippen LogP contribution is -2.52. The third kappa shape index (κ3) is 6.29. The van der Waals surface area contributed by atoms with E-state index < -0.39 is 0 Å². The Kier molecular flexibility index (Phi) is 7.57. The van der Waals surface area contributed by atoms with Gasteiger partial charge in [-0.25, -0.2) is 0 Å². The number of carbonyl (C=O) groups is 1. The van der Waals surface area contributed by atoms with Gasteiger partial charge < -0.3 is 20.9 Å². The van der Waals surface area contributed by atoms with Crippen molar-refractivity contribution < 1.29 is 4.79 Å². The van der Waals surface area contributed by atoms with E-state index in [1.54, 1.807) is 7.05 Å². The highest BCUT2D eigenvalue weighted by molar-refractivity contribution is 5.80. The maximum absolute atomic E-state index is 11.6. The fourth-order valence-electron chi connectivity index (χ4n) is 2.93. The third-order valence-corrected chi connectivity index (χ3v) is 4.35. The summed E-state index contributed by atoms with van der Waals surface area (Å²) in [6, 6.07) is 10.9. The van der Waals surface area contributed by atoms with Gasteiger partial charge in [-0.05, 0) is 25.0 Å². The summed E-state index contributed by atoms with van der Waals surface area (Å²) in [4.78, 5) is 18.3. The minimum atomic E-state index is 0.0173. The molecule has 0 aliphatic carbocycles. The van der Waals surface area contributed by atoms with Gasteiger partial charge in [0, 0.05) is 50.9 Å². The van der Waals surface area contributed by atoms with Crippen molar-refractivity contribution in [2.45, 2.75) is 32.7 Å². The quantitative estimate of drug-likeness (QED) is 0.416. The van der Waals surface area contributed by atoms with Gasteiger partial charge in [-0.1, -0.05) is 32.0 Å². The van der Waals surface area contributed by atoms with Crippen LogP contribution in [0.2, 0.25) is 0 Å². The molecule has 1 aromatic carbocycles. The van der Waals surface area contributed by atoms with Gasteiger partial charge in [0.05, 0.1) is 0 Å². The normalized spacial score (nSPS) is 18.2. The molecule has 1 amide bonds. The van der Waals surface area contributed by atoms with Crippen molar-refractivity contribution >= 4 is 17.6 Å². The summed E-state index contributed by atoms with van der Waals surface area (Å²) in [7, 11) is 1.78. The Morgan fingerprint density at radius 3 is 2.64 bits per heavy atom. The number of guanidine groups is 1. The zero-order chi connectivity index (χ0) is 18.1. The van der Waals surface area contributed by atoms with Crippen molar-refractivity contribution in [1.82, 2.24) is 16.0 Å². The molecule has 6 heteroatoms. The fraction of sp³-hybridized carbons (Fsp3) is 0.579. The molecular weight excluding hydrogens is 314 g/mol. The van der Waals surface area contributed by atoms with E-state index in [0.29, 0.717) is 19.1 Å². The Morgan fingerprint density at radius 2 is 1.96 bits per heavy atom. The molecule has 2 rings (SSSR count). The number of carbonyl (C=O) groups excluding carboxylic acids is 1. The number of benzene rings is 1. The maximum Gasteiger partial charge on any atom is 0.222 e. The summed E-state index contributed by atoms with van der Waals surface area (Å²) in [5.41, 5.74) is 1.27. The van der Waals surface area contributed by atoms with Crippen LogP contribution >= 0.6 is 0 Å². The number of nitrogens with zero attached hydrogens (tertiary/aromatic N) is 2. The Bertz CT molecular complexity index is 558. The summed E-state index contributed by atoms with van der Waals surface area (Å²) in [6.45, 7) is 7.10. The number of amides is 1. The van der Waals surface area contributed by atoms with Crippen LogP contribution in [0.5, 0.6) is 0 Å². The molecule has 1 atom stereocenters. The van der Waals surface area contributed by atoms with E-state index in [4.69, 9.17) is 0 Å². The monoisotopic (exact) mass is 345 g/mol. The predicted molar refractivity (Wildman–Crippen MR) is 104 cm³/mol. The third-order valence-electron chi connectivity index (χ3n) is 4.35. The van der Waals surface area contributed by atoms with Crippen LogP contribution < -0.4 is 20.9 Å². The van der Waals surface area contributed by atoms with Crippen LogP contribution in [0.25, 0.3) is 0 Å². The van der Waals surface area contributed by atoms with Crippen molar-refractivity contribution in [1.29, 1.82) is 0 Å². The van der Waals surface area contributed by atoms with Gasteiger partial charge in [0.25, 0.3) is 0 Å². The first kappa shape index (κ1) is 19.1. The van der Waals surface area contributed by atoms with E-state index in [1.807, 2.05) is 19.9 Å². The van der Waals surface area contributed by atoms with Gasteiger partial charge >= 0.3 is 0 Å². The number of aliphatic imine (C=N–C) groups is 1. The lowest BCUT2D eigenvalue weighted by atomic mass is 10.1. The molecule has 6 nitrogen and oxygen atoms in total. The molecular formula is C19H31N5O. The summed E-state index contributed by atoms with van der Waals surface area (Å²) in [6.07, 6.45) is 2.29. The van der Waals surface area contributed by atoms with Crippen molar-refractivity contribution in [2.24, 2.45) is 10.9 Å². The molecule has 0 radical (unpaired) electrons. The van der Waals surface area contributed by atoms with E-state index in [-0.39, 0.29) is 11.8 Å². The molecule has 3 N–H and O–H groups in total. The first-order valence-electron chi connectivity index (χ1n) is 9.15. The number of anilines is 1. The van der Waals surface area contributed by atoms with Crippen LogP contribution in [0, 0.1) is 5.92 Å². The van der Waals surface area contributed by atoms with Gasteiger partial charge in [0.2, 0.25) is 5.91 Å². The highest BCUT2D eigenvalue weighted by atomic mass is 16.1. The number of para-hydroxylation sites is 1. The predicted octanol–water partition coefficient (Wildman–Crippen LogP) is 1.59. The average Bonchev–Trinajstić information content (AvgIpc) is 2.64. The average molecular weight is 345 g/mol. The second kappa shape index (κ2) is 9.91. The molecule has 1 saturated heterocycles. The number of hydrogen-bond acceptors (Lipinski definition) is 3. The molecule has 25 heavy (non-hydrogen) atoms. The van der Waals surface area contributed by atoms with Gasteiger partial charge in [0.1, 0.15) is 0 Å². The van der Waals surface area contributed by atoms with Crippen LogP contribution in [-0.4, -0.2) is 51.1 Å². The molecule has 0 saturated carbocycles. The van der Waals surface area contributed by atoms with E-state index in [2.05, 4.69) is 50.1 Å². The number of piperidine rings is 1. The Morgan fingerprint density at radius 1 is 1.24 bits per heavy atom. The standard InChI is InChI=1S/C19H31N5O/c1-15(2)18(25)21-11-12-22-19(20-3)23-16-8-7-13-24(14-16)17-9-5-4-6-10-17/h4-6,9-10,15-16H,7-8,11-14H2,1-3H3,(H,21,25)(H2,20,22,23). The largest absolute Gasteiger partial charge is 0.369 e. The zero-order valence-corrected chi connectivity index (χ0v) is 15.6. The van der Waals surface area contributed by atoms with E-state index >= 15 is 0 Å². The van der Waals surface area contributed by atoms with Crippen LogP contribution in [0.3, 0.4) is 0 Å². The molecule has 1 aromatic rings. The molecule has 0 spiro atoms. The first-order valence-corrected chi connectivity index (χ1v) is 9.15. The maximum atomic E-state index is 11.6. The van der Waals surface area contributed by atoms with Crippen molar-refractivity contribution in [2.75, 3.05) is 38.1 Å². The molecule has 1 heterocycles. The summed E-state index contributed by atoms with van der Waals surface area (Å²) in [5, 5.41) is 9.67. The van der Waals surface area contributed by atoms with Crippen molar-refractivity contribution in [3.8, 4) is 0 Å². The summed E-state index contributed by atoms with van der Waals surface area (Å²) in [5.74, 6) is 0.887. The van der Waals surface area contributed by atoms with Crippen molar-refractivity contribution in [3.63, 3.8) is 0 Å². The molecule has 0 bridgehead atoms. The Hall–Kier alpha value is -2.24. The summed E-state index contributed by atoms with van der Waals surface area (Å²) >= 11 is 0. The van der Waals surface area contributed by atoms with Crippen LogP contribution in [0.4, 0.5) is 5.69 Å². The first-order chi connectivity index (χ1) is 12.1. The molecule has 1 aliphatic heterocycles. The highest BCUT2D eigenvalue weighted by Gasteiger charge is 2.20.